The van der Waals surface area contributed by atoms with Gasteiger partial charge in [0.15, 0.2) is 0 Å². The summed E-state index contributed by atoms with van der Waals surface area (Å²) in [6.07, 6.45) is 4.18. The summed E-state index contributed by atoms with van der Waals surface area (Å²) in [5.74, 6) is 0.458. The lowest BCUT2D eigenvalue weighted by Crippen LogP contribution is -2.46. The van der Waals surface area contributed by atoms with Crippen LogP contribution in [0.5, 0.6) is 0 Å². The van der Waals surface area contributed by atoms with E-state index >= 15 is 0 Å². The summed E-state index contributed by atoms with van der Waals surface area (Å²) in [7, 11) is 0. The second-order valence-corrected chi connectivity index (χ2v) is 10.2. The lowest BCUT2D eigenvalue weighted by molar-refractivity contribution is -0.126. The van der Waals surface area contributed by atoms with Crippen LogP contribution in [0.15, 0.2) is 71.3 Å². The quantitative estimate of drug-likeness (QED) is 0.391. The zero-order chi connectivity index (χ0) is 24.2. The molecule has 0 unspecified atom stereocenters. The molecule has 4 nitrogen and oxygen atoms in total. The first-order valence-corrected chi connectivity index (χ1v) is 12.1. The van der Waals surface area contributed by atoms with Gasteiger partial charge in [0.2, 0.25) is 5.91 Å². The lowest BCUT2D eigenvalue weighted by atomic mass is 9.67. The molecule has 0 saturated carbocycles. The Morgan fingerprint density at radius 1 is 1.12 bits per heavy atom. The van der Waals surface area contributed by atoms with E-state index in [1.807, 2.05) is 36.4 Å². The normalized spacial score (nSPS) is 20.6. The Hall–Kier alpha value is -2.63. The van der Waals surface area contributed by atoms with Gasteiger partial charge in [-0.2, -0.15) is 0 Å². The summed E-state index contributed by atoms with van der Waals surface area (Å²) in [5, 5.41) is 3.80. The number of rotatable bonds is 8. The van der Waals surface area contributed by atoms with Gasteiger partial charge in [0, 0.05) is 35.9 Å². The van der Waals surface area contributed by atoms with Crippen molar-refractivity contribution in [2.45, 2.75) is 56.5 Å². The molecule has 0 aliphatic carbocycles. The maximum Gasteiger partial charge on any atom is 0.220 e. The molecule has 4 rings (SSSR count). The summed E-state index contributed by atoms with van der Waals surface area (Å²) in [5.41, 5.74) is 1.44. The molecule has 1 aliphatic heterocycles. The van der Waals surface area contributed by atoms with E-state index in [-0.39, 0.29) is 28.7 Å². The van der Waals surface area contributed by atoms with E-state index < -0.39 is 0 Å². The average Bonchev–Trinajstić information content (AvgIpc) is 3.32. The average molecular weight is 484 g/mol. The van der Waals surface area contributed by atoms with Crippen LogP contribution in [0.1, 0.15) is 62.3 Å². The molecule has 0 bridgehead atoms. The highest BCUT2D eigenvalue weighted by Crippen LogP contribution is 2.44. The monoisotopic (exact) mass is 483 g/mol. The van der Waals surface area contributed by atoms with E-state index in [1.165, 1.54) is 12.1 Å². The van der Waals surface area contributed by atoms with E-state index in [0.717, 1.165) is 29.7 Å². The molecule has 1 fully saturated rings. The van der Waals surface area contributed by atoms with Crippen LogP contribution in [0.2, 0.25) is 5.02 Å². The molecular formula is C28H31ClFNO3. The Labute approximate surface area is 205 Å². The van der Waals surface area contributed by atoms with Crippen LogP contribution in [-0.4, -0.2) is 24.7 Å². The van der Waals surface area contributed by atoms with Crippen molar-refractivity contribution in [2.24, 2.45) is 0 Å². The van der Waals surface area contributed by atoms with Gasteiger partial charge in [0.1, 0.15) is 11.6 Å². The number of nitrogens with one attached hydrogen (secondary N) is 1. The molecule has 2 atom stereocenters. The Kier molecular flexibility index (Phi) is 7.44. The Morgan fingerprint density at radius 2 is 1.85 bits per heavy atom. The molecule has 0 spiro atoms. The zero-order valence-corrected chi connectivity index (χ0v) is 20.4. The van der Waals surface area contributed by atoms with Crippen LogP contribution in [0.4, 0.5) is 4.39 Å². The molecule has 1 aliphatic rings. The molecule has 1 amide bonds. The molecule has 6 heteroatoms. The maximum absolute atomic E-state index is 13.4. The molecular weight excluding hydrogens is 453 g/mol. The van der Waals surface area contributed by atoms with Gasteiger partial charge in [-0.3, -0.25) is 4.79 Å². The first-order valence-electron chi connectivity index (χ1n) is 11.7. The van der Waals surface area contributed by atoms with Crippen molar-refractivity contribution in [3.63, 3.8) is 0 Å². The number of hydrogen-bond acceptors (Lipinski definition) is 3. The largest absolute Gasteiger partial charge is 0.469 e. The molecule has 34 heavy (non-hydrogen) atoms. The number of amides is 1. The molecule has 2 aromatic carbocycles. The van der Waals surface area contributed by atoms with E-state index in [0.29, 0.717) is 31.0 Å². The van der Waals surface area contributed by atoms with E-state index in [4.69, 9.17) is 20.8 Å². The second-order valence-electron chi connectivity index (χ2n) is 9.76. The van der Waals surface area contributed by atoms with Crippen LogP contribution in [-0.2, 0) is 14.9 Å². The minimum Gasteiger partial charge on any atom is -0.469 e. The molecule has 2 heterocycles. The van der Waals surface area contributed by atoms with Gasteiger partial charge in [-0.15, -0.1) is 0 Å². The maximum atomic E-state index is 13.4. The third-order valence-corrected chi connectivity index (χ3v) is 6.96. The summed E-state index contributed by atoms with van der Waals surface area (Å²) < 4.78 is 25.0. The fourth-order valence-corrected chi connectivity index (χ4v) is 5.29. The van der Waals surface area contributed by atoms with Gasteiger partial charge >= 0.3 is 0 Å². The fourth-order valence-electron chi connectivity index (χ4n) is 5.16. The van der Waals surface area contributed by atoms with Crippen molar-refractivity contribution in [1.29, 1.82) is 0 Å². The predicted molar refractivity (Wildman–Crippen MR) is 132 cm³/mol. The van der Waals surface area contributed by atoms with Gasteiger partial charge in [0.05, 0.1) is 11.9 Å². The molecule has 3 aromatic rings. The van der Waals surface area contributed by atoms with Crippen LogP contribution in [0.25, 0.3) is 0 Å². The van der Waals surface area contributed by atoms with Gasteiger partial charge in [0.25, 0.3) is 0 Å². The number of hydrogen-bond donors (Lipinski definition) is 1. The van der Waals surface area contributed by atoms with Crippen molar-refractivity contribution < 1.29 is 18.3 Å². The highest BCUT2D eigenvalue weighted by atomic mass is 35.5. The summed E-state index contributed by atoms with van der Waals surface area (Å²) in [6.45, 7) is 5.24. The first-order chi connectivity index (χ1) is 16.3. The molecule has 0 radical (unpaired) electrons. The van der Waals surface area contributed by atoms with Gasteiger partial charge in [-0.1, -0.05) is 35.9 Å². The third-order valence-electron chi connectivity index (χ3n) is 6.71. The minimum absolute atomic E-state index is 0.00458. The molecule has 1 N–H and O–H groups in total. The highest BCUT2D eigenvalue weighted by Gasteiger charge is 2.43. The fraction of sp³-hybridized carbons (Fsp3) is 0.393. The summed E-state index contributed by atoms with van der Waals surface area (Å²) >= 11 is 6.12. The van der Waals surface area contributed by atoms with Crippen molar-refractivity contribution in [3.8, 4) is 0 Å². The standard InChI is InChI=1S/C28H31ClFNO3/c1-27(2)19-28(14-17-34-27,21-7-9-22(29)10-8-21)18-26(32)31-15-13-24(25-4-3-16-33-25)20-5-11-23(30)12-6-20/h3-12,16,24H,13-15,17-19H2,1-2H3,(H,31,32)/t24-,28+/m1/s1. The van der Waals surface area contributed by atoms with E-state index in [2.05, 4.69) is 19.2 Å². The summed E-state index contributed by atoms with van der Waals surface area (Å²) in [6, 6.07) is 18.0. The van der Waals surface area contributed by atoms with Crippen molar-refractivity contribution in [2.75, 3.05) is 13.2 Å². The number of furan rings is 1. The van der Waals surface area contributed by atoms with Crippen molar-refractivity contribution in [3.05, 3.63) is 94.7 Å². The minimum atomic E-state index is -0.314. The van der Waals surface area contributed by atoms with Crippen LogP contribution >= 0.6 is 11.6 Å². The number of ether oxygens (including phenoxy) is 1. The van der Waals surface area contributed by atoms with Gasteiger partial charge in [-0.05, 0) is 80.6 Å². The van der Waals surface area contributed by atoms with Gasteiger partial charge in [-0.25, -0.2) is 4.39 Å². The van der Waals surface area contributed by atoms with E-state index in [1.54, 1.807) is 18.4 Å². The first kappa shape index (κ1) is 24.5. The number of carbonyl (C=O) groups is 1. The second kappa shape index (κ2) is 10.3. The molecule has 1 saturated heterocycles. The lowest BCUT2D eigenvalue weighted by Gasteiger charge is -2.45. The predicted octanol–water partition coefficient (Wildman–Crippen LogP) is 6.63. The van der Waals surface area contributed by atoms with E-state index in [9.17, 15) is 9.18 Å². The van der Waals surface area contributed by atoms with Gasteiger partial charge < -0.3 is 14.5 Å². The number of halogens is 2. The highest BCUT2D eigenvalue weighted by molar-refractivity contribution is 6.30. The van der Waals surface area contributed by atoms with Crippen LogP contribution in [0, 0.1) is 5.82 Å². The third kappa shape index (κ3) is 5.89. The Balaban J connectivity index is 1.45. The topological polar surface area (TPSA) is 51.5 Å². The molecule has 180 valence electrons. The smallest absolute Gasteiger partial charge is 0.220 e. The van der Waals surface area contributed by atoms with Crippen LogP contribution in [0.3, 0.4) is 0 Å². The Morgan fingerprint density at radius 3 is 2.50 bits per heavy atom. The van der Waals surface area contributed by atoms with Crippen molar-refractivity contribution >= 4 is 17.5 Å². The number of carbonyl (C=O) groups excluding carboxylic acids is 1. The zero-order valence-electron chi connectivity index (χ0n) is 19.7. The molecule has 1 aromatic heterocycles. The summed E-state index contributed by atoms with van der Waals surface area (Å²) in [4.78, 5) is 13.2. The Bertz CT molecular complexity index is 1080. The van der Waals surface area contributed by atoms with Crippen molar-refractivity contribution in [1.82, 2.24) is 5.32 Å². The SMILES string of the molecule is CC1(C)C[C@](CC(=O)NCC[C@H](c2ccc(F)cc2)c2ccco2)(c2ccc(Cl)cc2)CCO1. The number of benzene rings is 2. The van der Waals surface area contributed by atoms with Crippen LogP contribution < -0.4 is 5.32 Å².